The Hall–Kier alpha value is -3.74. The summed E-state index contributed by atoms with van der Waals surface area (Å²) in [5.41, 5.74) is 1.02. The Bertz CT molecular complexity index is 1110. The SMILES string of the molecule is CC(=O)N[C@@H](Cc1ccccc1F)C(=O)N[C@H](Cc1cccc2ccccc12)C(=O)O. The molecule has 0 fully saturated rings. The average Bonchev–Trinajstić information content (AvgIpc) is 2.74. The molecule has 31 heavy (non-hydrogen) atoms. The maximum absolute atomic E-state index is 14.0. The minimum atomic E-state index is -1.21. The number of hydrogen-bond donors (Lipinski definition) is 3. The van der Waals surface area contributed by atoms with Crippen LogP contribution in [-0.4, -0.2) is 35.0 Å². The van der Waals surface area contributed by atoms with Gasteiger partial charge in [0, 0.05) is 19.8 Å². The van der Waals surface area contributed by atoms with E-state index in [0.717, 1.165) is 16.3 Å². The number of nitrogens with one attached hydrogen (secondary N) is 2. The summed E-state index contributed by atoms with van der Waals surface area (Å²) in [6, 6.07) is 16.8. The normalized spacial score (nSPS) is 12.7. The van der Waals surface area contributed by atoms with E-state index in [0.29, 0.717) is 0 Å². The highest BCUT2D eigenvalue weighted by atomic mass is 19.1. The van der Waals surface area contributed by atoms with Crippen molar-refractivity contribution in [3.63, 3.8) is 0 Å². The van der Waals surface area contributed by atoms with Gasteiger partial charge in [0.1, 0.15) is 17.9 Å². The van der Waals surface area contributed by atoms with E-state index in [9.17, 15) is 23.9 Å². The van der Waals surface area contributed by atoms with E-state index in [1.54, 1.807) is 6.07 Å². The van der Waals surface area contributed by atoms with Gasteiger partial charge in [-0.2, -0.15) is 0 Å². The molecule has 0 radical (unpaired) electrons. The summed E-state index contributed by atoms with van der Waals surface area (Å²) < 4.78 is 14.0. The van der Waals surface area contributed by atoms with Crippen LogP contribution in [0, 0.1) is 5.82 Å². The van der Waals surface area contributed by atoms with Crippen LogP contribution >= 0.6 is 0 Å². The number of fused-ring (bicyclic) bond motifs is 1. The topological polar surface area (TPSA) is 95.5 Å². The molecular weight excluding hydrogens is 399 g/mol. The molecule has 2 atom stereocenters. The third-order valence-electron chi connectivity index (χ3n) is 4.99. The maximum Gasteiger partial charge on any atom is 0.326 e. The molecule has 2 amide bonds. The Morgan fingerprint density at radius 1 is 0.839 bits per heavy atom. The van der Waals surface area contributed by atoms with E-state index in [-0.39, 0.29) is 18.4 Å². The van der Waals surface area contributed by atoms with Crippen molar-refractivity contribution in [1.29, 1.82) is 0 Å². The number of rotatable bonds is 8. The lowest BCUT2D eigenvalue weighted by Gasteiger charge is -2.22. The van der Waals surface area contributed by atoms with Crippen LogP contribution in [-0.2, 0) is 27.2 Å². The van der Waals surface area contributed by atoms with E-state index in [1.807, 2.05) is 42.5 Å². The Morgan fingerprint density at radius 2 is 1.45 bits per heavy atom. The largest absolute Gasteiger partial charge is 0.480 e. The van der Waals surface area contributed by atoms with Gasteiger partial charge in [0.2, 0.25) is 11.8 Å². The fraction of sp³-hybridized carbons (Fsp3) is 0.208. The fourth-order valence-corrected chi connectivity index (χ4v) is 3.50. The van der Waals surface area contributed by atoms with Crippen LogP contribution in [0.25, 0.3) is 10.8 Å². The van der Waals surface area contributed by atoms with E-state index in [1.165, 1.54) is 25.1 Å². The van der Waals surface area contributed by atoms with E-state index >= 15 is 0 Å². The molecule has 0 saturated carbocycles. The molecule has 0 aromatic heterocycles. The standard InChI is InChI=1S/C24H23FN2O4/c1-15(28)26-21(14-18-8-3-5-12-20(18)25)23(29)27-22(24(30)31)13-17-10-6-9-16-7-2-4-11-19(16)17/h2-12,21-22H,13-14H2,1H3,(H,26,28)(H,27,29)(H,30,31)/t21-,22+/m0/s1. The van der Waals surface area contributed by atoms with E-state index < -0.39 is 35.7 Å². The molecular formula is C24H23FN2O4. The van der Waals surface area contributed by atoms with Gasteiger partial charge in [0.25, 0.3) is 0 Å². The van der Waals surface area contributed by atoms with Crippen molar-refractivity contribution in [2.24, 2.45) is 0 Å². The zero-order valence-corrected chi connectivity index (χ0v) is 17.0. The maximum atomic E-state index is 14.0. The molecule has 3 N–H and O–H groups in total. The summed E-state index contributed by atoms with van der Waals surface area (Å²) >= 11 is 0. The number of halogens is 1. The summed E-state index contributed by atoms with van der Waals surface area (Å²) in [6.45, 7) is 1.24. The van der Waals surface area contributed by atoms with E-state index in [4.69, 9.17) is 0 Å². The number of amides is 2. The van der Waals surface area contributed by atoms with Crippen molar-refractivity contribution in [1.82, 2.24) is 10.6 Å². The number of carbonyl (C=O) groups excluding carboxylic acids is 2. The summed E-state index contributed by atoms with van der Waals surface area (Å²) in [5, 5.41) is 16.5. The zero-order chi connectivity index (χ0) is 22.4. The second-order valence-corrected chi connectivity index (χ2v) is 7.29. The third kappa shape index (κ3) is 5.66. The first-order valence-electron chi connectivity index (χ1n) is 9.85. The van der Waals surface area contributed by atoms with Crippen molar-refractivity contribution in [2.75, 3.05) is 0 Å². The number of carbonyl (C=O) groups is 3. The number of carboxylic acids is 1. The van der Waals surface area contributed by atoms with Crippen molar-refractivity contribution in [3.05, 3.63) is 83.7 Å². The Labute approximate surface area is 179 Å². The van der Waals surface area contributed by atoms with E-state index in [2.05, 4.69) is 10.6 Å². The lowest BCUT2D eigenvalue weighted by molar-refractivity contribution is -0.142. The molecule has 0 heterocycles. The van der Waals surface area contributed by atoms with Gasteiger partial charge in [-0.25, -0.2) is 9.18 Å². The second kappa shape index (κ2) is 9.84. The molecule has 6 nitrogen and oxygen atoms in total. The van der Waals surface area contributed by atoms with Crippen LogP contribution in [0.1, 0.15) is 18.1 Å². The summed E-state index contributed by atoms with van der Waals surface area (Å²) in [7, 11) is 0. The molecule has 3 aromatic carbocycles. The molecule has 0 aliphatic rings. The number of hydrogen-bond acceptors (Lipinski definition) is 3. The van der Waals surface area contributed by atoms with Crippen molar-refractivity contribution >= 4 is 28.6 Å². The number of carboxylic acid groups (broad SMARTS) is 1. The zero-order valence-electron chi connectivity index (χ0n) is 17.0. The first kappa shape index (κ1) is 22.0. The van der Waals surface area contributed by atoms with Gasteiger partial charge in [0.05, 0.1) is 0 Å². The fourth-order valence-electron chi connectivity index (χ4n) is 3.50. The van der Waals surface area contributed by atoms with Crippen LogP contribution in [0.2, 0.25) is 0 Å². The highest BCUT2D eigenvalue weighted by Crippen LogP contribution is 2.20. The van der Waals surface area contributed by atoms with Crippen LogP contribution in [0.5, 0.6) is 0 Å². The predicted octanol–water partition coefficient (Wildman–Crippen LogP) is 2.84. The lowest BCUT2D eigenvalue weighted by Crippen LogP contribution is -2.52. The monoisotopic (exact) mass is 422 g/mol. The molecule has 0 bridgehead atoms. The van der Waals surface area contributed by atoms with Gasteiger partial charge in [-0.15, -0.1) is 0 Å². The first-order chi connectivity index (χ1) is 14.8. The first-order valence-corrected chi connectivity index (χ1v) is 9.85. The Balaban J connectivity index is 1.81. The van der Waals surface area contributed by atoms with Crippen LogP contribution in [0.4, 0.5) is 4.39 Å². The van der Waals surface area contributed by atoms with Crippen molar-refractivity contribution in [2.45, 2.75) is 31.8 Å². The lowest BCUT2D eigenvalue weighted by atomic mass is 9.98. The Morgan fingerprint density at radius 3 is 2.16 bits per heavy atom. The van der Waals surface area contributed by atoms with Gasteiger partial charge in [-0.1, -0.05) is 60.7 Å². The van der Waals surface area contributed by atoms with Gasteiger partial charge in [-0.05, 0) is 28.0 Å². The van der Waals surface area contributed by atoms with Crippen LogP contribution < -0.4 is 10.6 Å². The highest BCUT2D eigenvalue weighted by molar-refractivity contribution is 5.91. The molecule has 3 rings (SSSR count). The molecule has 0 unspecified atom stereocenters. The highest BCUT2D eigenvalue weighted by Gasteiger charge is 2.27. The smallest absolute Gasteiger partial charge is 0.326 e. The summed E-state index contributed by atoms with van der Waals surface area (Å²) in [6.07, 6.45) is -0.0341. The van der Waals surface area contributed by atoms with Crippen LogP contribution in [0.3, 0.4) is 0 Å². The molecule has 0 spiro atoms. The van der Waals surface area contributed by atoms with Crippen LogP contribution in [0.15, 0.2) is 66.7 Å². The van der Waals surface area contributed by atoms with Crippen molar-refractivity contribution < 1.29 is 23.9 Å². The molecule has 7 heteroatoms. The van der Waals surface area contributed by atoms with Gasteiger partial charge >= 0.3 is 5.97 Å². The predicted molar refractivity (Wildman–Crippen MR) is 115 cm³/mol. The van der Waals surface area contributed by atoms with Crippen molar-refractivity contribution in [3.8, 4) is 0 Å². The molecule has 0 aliphatic carbocycles. The summed E-state index contributed by atoms with van der Waals surface area (Å²) in [4.78, 5) is 36.3. The molecule has 0 saturated heterocycles. The minimum absolute atomic E-state index is 0.0644. The quantitative estimate of drug-likeness (QED) is 0.520. The average molecular weight is 422 g/mol. The van der Waals surface area contributed by atoms with Gasteiger partial charge in [0.15, 0.2) is 0 Å². The van der Waals surface area contributed by atoms with Gasteiger partial charge in [-0.3, -0.25) is 9.59 Å². The number of benzene rings is 3. The molecule has 160 valence electrons. The second-order valence-electron chi connectivity index (χ2n) is 7.29. The third-order valence-corrected chi connectivity index (χ3v) is 4.99. The molecule has 0 aliphatic heterocycles. The minimum Gasteiger partial charge on any atom is -0.480 e. The molecule has 3 aromatic rings. The summed E-state index contributed by atoms with van der Waals surface area (Å²) in [5.74, 6) is -2.87. The van der Waals surface area contributed by atoms with Gasteiger partial charge < -0.3 is 15.7 Å². The Kier molecular flexibility index (Phi) is 6.97. The number of aliphatic carboxylic acids is 1.